The smallest absolute Gasteiger partial charge is 0.408 e. The van der Waals surface area contributed by atoms with Crippen LogP contribution in [0.5, 0.6) is 0 Å². The highest BCUT2D eigenvalue weighted by Crippen LogP contribution is 2.25. The Balaban J connectivity index is 1.52. The van der Waals surface area contributed by atoms with Gasteiger partial charge in [-0.2, -0.15) is 18.7 Å². The maximum Gasteiger partial charge on any atom is 0.408 e. The summed E-state index contributed by atoms with van der Waals surface area (Å²) in [7, 11) is 0. The van der Waals surface area contributed by atoms with Gasteiger partial charge in [-0.1, -0.05) is 11.6 Å². The Morgan fingerprint density at radius 1 is 1.18 bits per heavy atom. The van der Waals surface area contributed by atoms with Crippen LogP contribution in [-0.2, 0) is 23.9 Å². The predicted octanol–water partition coefficient (Wildman–Crippen LogP) is 3.33. The zero-order chi connectivity index (χ0) is 27.9. The van der Waals surface area contributed by atoms with Crippen molar-refractivity contribution in [1.82, 2.24) is 10.6 Å². The minimum atomic E-state index is -3.39. The number of thiophene rings is 1. The number of anilines is 2. The van der Waals surface area contributed by atoms with E-state index in [1.165, 1.54) is 41.3 Å². The summed E-state index contributed by atoms with van der Waals surface area (Å²) in [5.41, 5.74) is 0.373. The maximum atomic E-state index is 13.4. The zero-order valence-corrected chi connectivity index (χ0v) is 22.0. The average Bonchev–Trinajstić information content (AvgIpc) is 3.33. The van der Waals surface area contributed by atoms with Gasteiger partial charge in [0.05, 0.1) is 21.5 Å². The topological polar surface area (TPSA) is 127 Å². The van der Waals surface area contributed by atoms with Crippen molar-refractivity contribution < 1.29 is 42.3 Å². The van der Waals surface area contributed by atoms with E-state index in [1.807, 2.05) is 0 Å². The minimum Gasteiger partial charge on any atom is -0.446 e. The summed E-state index contributed by atoms with van der Waals surface area (Å²) in [5, 5.41) is 5.16. The summed E-state index contributed by atoms with van der Waals surface area (Å²) in [6, 6.07) is 7.01. The van der Waals surface area contributed by atoms with Crippen molar-refractivity contribution in [3.8, 4) is 0 Å². The van der Waals surface area contributed by atoms with Crippen LogP contribution in [0.3, 0.4) is 0 Å². The standard InChI is InChI=1S/C24H25ClF2N4O7S/c25-19-9-8-18(39-19)21(33)28-12-17(29-24(35)37-16-2-1-3-16)22(34)31(38-23(26)27)15-6-4-14(5-7-15)30-10-11-36-13-20(30)32/h4-9,16-17,23H,1-3,10-13H2,(H,28,33)(H,29,35)/t17-/m0/s1. The van der Waals surface area contributed by atoms with Crippen LogP contribution in [0, 0.1) is 0 Å². The highest BCUT2D eigenvalue weighted by atomic mass is 35.5. The first kappa shape index (κ1) is 28.7. The Morgan fingerprint density at radius 2 is 1.92 bits per heavy atom. The summed E-state index contributed by atoms with van der Waals surface area (Å²) < 4.78 is 37.4. The van der Waals surface area contributed by atoms with Crippen molar-refractivity contribution in [2.75, 3.05) is 36.3 Å². The van der Waals surface area contributed by atoms with E-state index >= 15 is 0 Å². The normalized spacial score (nSPS) is 16.4. The van der Waals surface area contributed by atoms with Crippen molar-refractivity contribution in [3.63, 3.8) is 0 Å². The Kier molecular flexibility index (Phi) is 9.67. The number of benzene rings is 1. The van der Waals surface area contributed by atoms with E-state index < -0.39 is 37.1 Å². The number of nitrogens with zero attached hydrogens (tertiary/aromatic N) is 2. The number of halogens is 3. The lowest BCUT2D eigenvalue weighted by molar-refractivity contribution is -0.160. The SMILES string of the molecule is O=C(N[C@@H](CNC(=O)c1ccc(Cl)s1)C(=O)N(OC(F)F)c1ccc(N2CCOCC2=O)cc1)OC1CCC1. The minimum absolute atomic E-state index is 0.0887. The number of hydrogen-bond donors (Lipinski definition) is 2. The molecule has 1 atom stereocenters. The fourth-order valence-corrected chi connectivity index (χ4v) is 4.71. The van der Waals surface area contributed by atoms with Crippen LogP contribution in [0.1, 0.15) is 28.9 Å². The van der Waals surface area contributed by atoms with Gasteiger partial charge in [0, 0.05) is 18.8 Å². The monoisotopic (exact) mass is 586 g/mol. The van der Waals surface area contributed by atoms with Gasteiger partial charge in [0.15, 0.2) is 0 Å². The molecule has 2 aromatic rings. The van der Waals surface area contributed by atoms with Crippen molar-refractivity contribution in [2.45, 2.75) is 38.0 Å². The van der Waals surface area contributed by atoms with Gasteiger partial charge >= 0.3 is 12.7 Å². The number of carbonyl (C=O) groups is 4. The Bertz CT molecular complexity index is 1200. The van der Waals surface area contributed by atoms with E-state index in [0.29, 0.717) is 41.1 Å². The van der Waals surface area contributed by atoms with Crippen molar-refractivity contribution in [2.24, 2.45) is 0 Å². The van der Waals surface area contributed by atoms with Gasteiger partial charge in [-0.05, 0) is 55.7 Å². The molecule has 1 aromatic carbocycles. The second kappa shape index (κ2) is 13.2. The van der Waals surface area contributed by atoms with Gasteiger partial charge < -0.3 is 25.0 Å². The quantitative estimate of drug-likeness (QED) is 0.409. The van der Waals surface area contributed by atoms with Crippen LogP contribution in [-0.4, -0.2) is 68.9 Å². The largest absolute Gasteiger partial charge is 0.446 e. The summed E-state index contributed by atoms with van der Waals surface area (Å²) in [6.07, 6.45) is 0.972. The lowest BCUT2D eigenvalue weighted by atomic mass is 9.96. The summed E-state index contributed by atoms with van der Waals surface area (Å²) in [5.74, 6) is -1.96. The Morgan fingerprint density at radius 3 is 2.51 bits per heavy atom. The van der Waals surface area contributed by atoms with Crippen LogP contribution in [0.2, 0.25) is 4.34 Å². The van der Waals surface area contributed by atoms with Gasteiger partial charge in [-0.3, -0.25) is 14.4 Å². The van der Waals surface area contributed by atoms with Crippen LogP contribution < -0.4 is 20.6 Å². The van der Waals surface area contributed by atoms with Crippen LogP contribution >= 0.6 is 22.9 Å². The molecule has 15 heteroatoms. The summed E-state index contributed by atoms with van der Waals surface area (Å²) >= 11 is 6.87. The number of hydrogen-bond acceptors (Lipinski definition) is 8. The highest BCUT2D eigenvalue weighted by molar-refractivity contribution is 7.18. The Labute approximate surface area is 230 Å². The molecule has 1 aromatic heterocycles. The lowest BCUT2D eigenvalue weighted by Crippen LogP contribution is -2.54. The van der Waals surface area contributed by atoms with E-state index in [-0.39, 0.29) is 29.2 Å². The van der Waals surface area contributed by atoms with E-state index in [9.17, 15) is 28.0 Å². The molecule has 1 aliphatic carbocycles. The third kappa shape index (κ3) is 7.62. The number of morpholine rings is 1. The third-order valence-corrected chi connectivity index (χ3v) is 7.18. The molecular weight excluding hydrogens is 562 g/mol. The predicted molar refractivity (Wildman–Crippen MR) is 137 cm³/mol. The molecule has 11 nitrogen and oxygen atoms in total. The molecule has 2 heterocycles. The number of hydroxylamine groups is 1. The number of nitrogens with one attached hydrogen (secondary N) is 2. The van der Waals surface area contributed by atoms with Gasteiger partial charge in [-0.25, -0.2) is 4.79 Å². The van der Waals surface area contributed by atoms with Crippen molar-refractivity contribution >= 4 is 58.1 Å². The van der Waals surface area contributed by atoms with E-state index in [0.717, 1.165) is 17.8 Å². The lowest BCUT2D eigenvalue weighted by Gasteiger charge is -2.29. The second-order valence-corrected chi connectivity index (χ2v) is 10.3. The second-order valence-electron chi connectivity index (χ2n) is 8.58. The molecule has 1 saturated carbocycles. The molecular formula is C24H25ClF2N4O7S. The third-order valence-electron chi connectivity index (χ3n) is 5.95. The van der Waals surface area contributed by atoms with E-state index in [2.05, 4.69) is 15.5 Å². The molecule has 2 aliphatic rings. The fraction of sp³-hybridized carbons (Fsp3) is 0.417. The maximum absolute atomic E-state index is 13.4. The van der Waals surface area contributed by atoms with Crippen LogP contribution in [0.15, 0.2) is 36.4 Å². The van der Waals surface area contributed by atoms with Crippen molar-refractivity contribution in [3.05, 3.63) is 45.6 Å². The first-order valence-corrected chi connectivity index (χ1v) is 13.2. The number of alkyl carbamates (subject to hydrolysis) is 1. The molecule has 2 fully saturated rings. The number of alkyl halides is 2. The molecule has 0 spiro atoms. The highest BCUT2D eigenvalue weighted by Gasteiger charge is 2.33. The molecule has 1 aliphatic heterocycles. The Hall–Kier alpha value is -3.33. The number of rotatable bonds is 10. The first-order chi connectivity index (χ1) is 18.7. The molecule has 210 valence electrons. The van der Waals surface area contributed by atoms with E-state index in [1.54, 1.807) is 0 Å². The molecule has 39 heavy (non-hydrogen) atoms. The summed E-state index contributed by atoms with van der Waals surface area (Å²) in [4.78, 5) is 56.7. The van der Waals surface area contributed by atoms with Crippen molar-refractivity contribution in [1.29, 1.82) is 0 Å². The number of amides is 4. The molecule has 0 bridgehead atoms. The number of carbonyl (C=O) groups excluding carboxylic acids is 4. The molecule has 0 unspecified atom stereocenters. The fourth-order valence-electron chi connectivity index (χ4n) is 3.75. The van der Waals surface area contributed by atoms with Gasteiger partial charge in [0.1, 0.15) is 18.8 Å². The molecule has 4 rings (SSSR count). The molecule has 2 N–H and O–H groups in total. The van der Waals surface area contributed by atoms with Gasteiger partial charge in [0.2, 0.25) is 0 Å². The first-order valence-electron chi connectivity index (χ1n) is 12.0. The number of ether oxygens (including phenoxy) is 2. The summed E-state index contributed by atoms with van der Waals surface area (Å²) in [6.45, 7) is -3.30. The average molecular weight is 587 g/mol. The van der Waals surface area contributed by atoms with E-state index in [4.69, 9.17) is 21.1 Å². The molecule has 1 saturated heterocycles. The van der Waals surface area contributed by atoms with Gasteiger partial charge in [-0.15, -0.1) is 11.3 Å². The van der Waals surface area contributed by atoms with Crippen LogP contribution in [0.25, 0.3) is 0 Å². The van der Waals surface area contributed by atoms with Gasteiger partial charge in [0.25, 0.3) is 17.7 Å². The molecule has 4 amide bonds. The molecule has 0 radical (unpaired) electrons. The zero-order valence-electron chi connectivity index (χ0n) is 20.4. The van der Waals surface area contributed by atoms with Crippen LogP contribution in [0.4, 0.5) is 25.0 Å².